The lowest BCUT2D eigenvalue weighted by Crippen LogP contribution is -2.69. The molecule has 1 amide bonds. The molecule has 8 heteroatoms. The van der Waals surface area contributed by atoms with Gasteiger partial charge >= 0.3 is 0 Å². The number of benzene rings is 5. The number of hydrogen-bond donors (Lipinski definition) is 0. The van der Waals surface area contributed by atoms with Gasteiger partial charge in [0.25, 0.3) is 5.91 Å². The third kappa shape index (κ3) is 6.70. The molecule has 1 unspecified atom stereocenters. The number of carbonyl (C=O) groups is 1. The summed E-state index contributed by atoms with van der Waals surface area (Å²) >= 11 is 0. The maximum absolute atomic E-state index is 14.1. The van der Waals surface area contributed by atoms with E-state index < -0.39 is 30.3 Å². The van der Waals surface area contributed by atoms with Gasteiger partial charge in [-0.3, -0.25) is 4.79 Å². The van der Waals surface area contributed by atoms with Crippen molar-refractivity contribution in [2.45, 2.75) is 56.8 Å². The van der Waals surface area contributed by atoms with E-state index in [4.69, 9.17) is 23.7 Å². The van der Waals surface area contributed by atoms with Crippen LogP contribution < -0.4 is 14.4 Å². The highest BCUT2D eigenvalue weighted by Gasteiger charge is 2.58. The van der Waals surface area contributed by atoms with Gasteiger partial charge in [0.1, 0.15) is 30.3 Å². The second-order valence-corrected chi connectivity index (χ2v) is 13.2. The van der Waals surface area contributed by atoms with Gasteiger partial charge in [0, 0.05) is 31.5 Å². The van der Waals surface area contributed by atoms with Crippen molar-refractivity contribution in [2.24, 2.45) is 0 Å². The van der Waals surface area contributed by atoms with Crippen LogP contribution in [0.5, 0.6) is 11.5 Å². The Labute approximate surface area is 300 Å². The lowest BCUT2D eigenvalue weighted by Gasteiger charge is -2.57. The first-order valence-electron chi connectivity index (χ1n) is 17.3. The number of carbonyl (C=O) groups excluding carboxylic acids is 1. The van der Waals surface area contributed by atoms with Gasteiger partial charge in [-0.25, -0.2) is 0 Å². The van der Waals surface area contributed by atoms with Crippen molar-refractivity contribution in [1.82, 2.24) is 4.90 Å². The molecule has 0 aliphatic carbocycles. The molecule has 7 rings (SSSR count). The second-order valence-electron chi connectivity index (χ2n) is 13.2. The molecular weight excluding hydrogens is 640 g/mol. The quantitative estimate of drug-likeness (QED) is 0.139. The fourth-order valence-corrected chi connectivity index (χ4v) is 7.16. The van der Waals surface area contributed by atoms with E-state index in [0.29, 0.717) is 18.1 Å². The number of hydrogen-bond acceptors (Lipinski definition) is 7. The molecule has 0 N–H and O–H groups in total. The fourth-order valence-electron chi connectivity index (χ4n) is 7.16. The monoisotopic (exact) mass is 684 g/mol. The molecule has 51 heavy (non-hydrogen) atoms. The molecule has 0 radical (unpaired) electrons. The molecule has 0 spiro atoms. The van der Waals surface area contributed by atoms with Crippen LogP contribution in [-0.4, -0.2) is 56.2 Å². The third-order valence-electron chi connectivity index (χ3n) is 10.1. The first-order valence-corrected chi connectivity index (χ1v) is 17.3. The Bertz CT molecular complexity index is 1920. The lowest BCUT2D eigenvalue weighted by molar-refractivity contribution is -0.310. The number of amides is 1. The summed E-state index contributed by atoms with van der Waals surface area (Å²) in [5.74, 6) is -0.537. The van der Waals surface area contributed by atoms with E-state index in [1.54, 1.807) is 33.1 Å². The van der Waals surface area contributed by atoms with Crippen LogP contribution in [0.15, 0.2) is 133 Å². The number of likely N-dealkylation sites (N-methyl/N-ethyl adjacent to an activating group) is 1. The topological polar surface area (TPSA) is 69.7 Å². The van der Waals surface area contributed by atoms with Gasteiger partial charge in [-0.1, -0.05) is 103 Å². The summed E-state index contributed by atoms with van der Waals surface area (Å²) in [6.45, 7) is 4.07. The summed E-state index contributed by atoms with van der Waals surface area (Å²) in [6.07, 6.45) is -1.57. The average Bonchev–Trinajstić information content (AvgIpc) is 3.18. The molecule has 5 aromatic rings. The number of rotatable bonds is 11. The van der Waals surface area contributed by atoms with E-state index in [9.17, 15) is 4.79 Å². The van der Waals surface area contributed by atoms with Crippen molar-refractivity contribution >= 4 is 11.6 Å². The van der Waals surface area contributed by atoms with Crippen LogP contribution in [0.25, 0.3) is 11.1 Å². The van der Waals surface area contributed by atoms with E-state index in [1.807, 2.05) is 104 Å². The lowest BCUT2D eigenvalue weighted by atomic mass is 9.87. The predicted molar refractivity (Wildman–Crippen MR) is 197 cm³/mol. The van der Waals surface area contributed by atoms with Gasteiger partial charge in [-0.05, 0) is 60.4 Å². The van der Waals surface area contributed by atoms with Crippen LogP contribution in [0.2, 0.25) is 0 Å². The zero-order valence-corrected chi connectivity index (χ0v) is 29.6. The van der Waals surface area contributed by atoms with Crippen molar-refractivity contribution in [3.05, 3.63) is 150 Å². The number of anilines is 1. The number of ether oxygens (including phenoxy) is 5. The summed E-state index contributed by atoms with van der Waals surface area (Å²) in [5, 5.41) is 0. The first kappa shape index (κ1) is 34.3. The van der Waals surface area contributed by atoms with Gasteiger partial charge in [-0.15, -0.1) is 0 Å². The van der Waals surface area contributed by atoms with E-state index in [2.05, 4.69) is 41.3 Å². The smallest absolute Gasteiger partial charge is 0.282 e. The molecule has 2 aliphatic heterocycles. The SMILES string of the molecule is COc1ccc([C@@H]2[C@H](O[C@@]3(C)O[C@H](c4ccccc4)[C@H](C)N(C)C3=O)C(OC)N2c2ccc(-c3ccccc3)cc2)c(OCc2ccccc2)c1. The number of morpholine rings is 1. The molecule has 0 saturated carbocycles. The van der Waals surface area contributed by atoms with Gasteiger partial charge in [-0.2, -0.15) is 0 Å². The summed E-state index contributed by atoms with van der Waals surface area (Å²) < 4.78 is 32.0. The van der Waals surface area contributed by atoms with E-state index in [-0.39, 0.29) is 11.9 Å². The Morgan fingerprint density at radius 2 is 1.41 bits per heavy atom. The van der Waals surface area contributed by atoms with Crippen LogP contribution in [0.1, 0.15) is 42.7 Å². The van der Waals surface area contributed by atoms with Crippen LogP contribution in [0.3, 0.4) is 0 Å². The molecule has 5 aromatic carbocycles. The minimum absolute atomic E-state index is 0.203. The first-order chi connectivity index (χ1) is 24.8. The maximum atomic E-state index is 14.1. The summed E-state index contributed by atoms with van der Waals surface area (Å²) in [4.78, 5) is 18.0. The minimum atomic E-state index is -1.59. The molecular formula is C43H44N2O6. The highest BCUT2D eigenvalue weighted by Crippen LogP contribution is 2.51. The van der Waals surface area contributed by atoms with Crippen molar-refractivity contribution < 1.29 is 28.5 Å². The Morgan fingerprint density at radius 3 is 2.06 bits per heavy atom. The number of nitrogens with zero attached hydrogens (tertiary/aromatic N) is 2. The van der Waals surface area contributed by atoms with Crippen molar-refractivity contribution in [1.29, 1.82) is 0 Å². The van der Waals surface area contributed by atoms with Crippen molar-refractivity contribution in [2.75, 3.05) is 26.2 Å². The van der Waals surface area contributed by atoms with E-state index >= 15 is 0 Å². The van der Waals surface area contributed by atoms with Crippen LogP contribution in [0.4, 0.5) is 5.69 Å². The van der Waals surface area contributed by atoms with Crippen LogP contribution in [-0.2, 0) is 25.6 Å². The molecule has 2 aliphatic rings. The van der Waals surface area contributed by atoms with Gasteiger partial charge in [0.05, 0.1) is 19.2 Å². The molecule has 6 atom stereocenters. The van der Waals surface area contributed by atoms with E-state index in [1.165, 1.54) is 0 Å². The molecule has 0 aromatic heterocycles. The summed E-state index contributed by atoms with van der Waals surface area (Å²) in [6, 6.07) is 43.9. The molecule has 2 fully saturated rings. The largest absolute Gasteiger partial charge is 0.497 e. The third-order valence-corrected chi connectivity index (χ3v) is 10.1. The van der Waals surface area contributed by atoms with E-state index in [0.717, 1.165) is 33.5 Å². The molecule has 8 nitrogen and oxygen atoms in total. The molecule has 0 bridgehead atoms. The zero-order valence-electron chi connectivity index (χ0n) is 29.6. The standard InChI is InChI=1S/C43H44N2O6/c1-29-39(33-19-13-8-14-20-33)50-43(2,42(46)44(29)3)51-40-38(36-26-25-35(47-4)27-37(36)49-28-30-15-9-6-10-16-30)45(41(40)48-5)34-23-21-32(22-24-34)31-17-11-7-12-18-31/h6-27,29,38-41H,28H2,1-5H3/t29-,38+,39-,40-,41?,43+/m0/s1. The second kappa shape index (κ2) is 14.6. The Balaban J connectivity index is 1.28. The highest BCUT2D eigenvalue weighted by molar-refractivity contribution is 5.84. The fraction of sp³-hybridized carbons (Fsp3) is 0.279. The molecule has 262 valence electrons. The summed E-state index contributed by atoms with van der Waals surface area (Å²) in [7, 11) is 5.11. The van der Waals surface area contributed by atoms with Gasteiger partial charge in [0.2, 0.25) is 5.79 Å². The zero-order chi connectivity index (χ0) is 35.5. The minimum Gasteiger partial charge on any atom is -0.497 e. The van der Waals surface area contributed by atoms with Crippen LogP contribution >= 0.6 is 0 Å². The van der Waals surface area contributed by atoms with Gasteiger partial charge in [0.15, 0.2) is 6.23 Å². The summed E-state index contributed by atoms with van der Waals surface area (Å²) in [5.41, 5.74) is 6.05. The Hall–Kier alpha value is -5.15. The number of methoxy groups -OCH3 is 2. The Kier molecular flexibility index (Phi) is 9.82. The molecule has 2 heterocycles. The normalized spacial score (nSPS) is 24.6. The van der Waals surface area contributed by atoms with Crippen LogP contribution in [0, 0.1) is 0 Å². The Morgan fingerprint density at radius 1 is 0.784 bits per heavy atom. The van der Waals surface area contributed by atoms with Crippen molar-refractivity contribution in [3.63, 3.8) is 0 Å². The average molecular weight is 685 g/mol. The maximum Gasteiger partial charge on any atom is 0.282 e. The highest BCUT2D eigenvalue weighted by atomic mass is 16.7. The van der Waals surface area contributed by atoms with Crippen molar-refractivity contribution in [3.8, 4) is 22.6 Å². The van der Waals surface area contributed by atoms with Gasteiger partial charge < -0.3 is 33.5 Å². The molecule has 2 saturated heterocycles. The predicted octanol–water partition coefficient (Wildman–Crippen LogP) is 8.19.